The molecule has 0 radical (unpaired) electrons. The van der Waals surface area contributed by atoms with Gasteiger partial charge in [-0.15, -0.1) is 11.3 Å². The van der Waals surface area contributed by atoms with E-state index >= 15 is 0 Å². The van der Waals surface area contributed by atoms with E-state index in [9.17, 15) is 13.2 Å². The third-order valence-corrected chi connectivity index (χ3v) is 7.73. The molecule has 134 valence electrons. The number of nitrogens with zero attached hydrogens (tertiary/aromatic N) is 2. The Kier molecular flexibility index (Phi) is 4.17. The van der Waals surface area contributed by atoms with E-state index in [-0.39, 0.29) is 24.1 Å². The van der Waals surface area contributed by atoms with Gasteiger partial charge in [0.15, 0.2) is 15.5 Å². The molecule has 7 nitrogen and oxygen atoms in total. The Morgan fingerprint density at radius 3 is 2.92 bits per heavy atom. The summed E-state index contributed by atoms with van der Waals surface area (Å²) in [7, 11) is -3.47. The van der Waals surface area contributed by atoms with Crippen molar-refractivity contribution in [2.45, 2.75) is 35.8 Å². The monoisotopic (exact) mass is 382 g/mol. The summed E-state index contributed by atoms with van der Waals surface area (Å²) in [5.41, 5.74) is 1.95. The number of ether oxygens (including phenoxy) is 2. The quantitative estimate of drug-likeness (QED) is 0.758. The summed E-state index contributed by atoms with van der Waals surface area (Å²) < 4.78 is 37.9. The van der Waals surface area contributed by atoms with Gasteiger partial charge in [-0.1, -0.05) is 0 Å². The fourth-order valence-electron chi connectivity index (χ4n) is 3.42. The van der Waals surface area contributed by atoms with Gasteiger partial charge in [0.2, 0.25) is 0 Å². The molecule has 0 bridgehead atoms. The van der Waals surface area contributed by atoms with Gasteiger partial charge in [-0.25, -0.2) is 13.2 Å². The van der Waals surface area contributed by atoms with Gasteiger partial charge in [0.1, 0.15) is 4.21 Å². The summed E-state index contributed by atoms with van der Waals surface area (Å²) in [6.45, 7) is 3.19. The van der Waals surface area contributed by atoms with Crippen LogP contribution < -0.4 is 0 Å². The van der Waals surface area contributed by atoms with Gasteiger partial charge >= 0.3 is 5.97 Å². The van der Waals surface area contributed by atoms with Gasteiger partial charge in [0, 0.05) is 24.3 Å². The second kappa shape index (κ2) is 6.22. The standard InChI is InChI=1S/C16H18N2O5S2/c1-2-23-15(19)13-12-9-25(20,21)16-11(5-8-24-16)14(12)18(17-13)10-3-6-22-7-4-10/h5,8,10H,2-4,6-7,9H2,1H3. The maximum absolute atomic E-state index is 12.6. The number of carbonyl (C=O) groups is 1. The number of hydrogen-bond acceptors (Lipinski definition) is 7. The molecule has 0 aromatic carbocycles. The number of esters is 1. The lowest BCUT2D eigenvalue weighted by molar-refractivity contribution is 0.0512. The van der Waals surface area contributed by atoms with Crippen LogP contribution in [-0.2, 0) is 25.1 Å². The molecule has 2 aromatic heterocycles. The topological polar surface area (TPSA) is 87.5 Å². The molecular weight excluding hydrogens is 364 g/mol. The highest BCUT2D eigenvalue weighted by molar-refractivity contribution is 7.93. The Morgan fingerprint density at radius 1 is 1.44 bits per heavy atom. The summed E-state index contributed by atoms with van der Waals surface area (Å²) in [5, 5.41) is 6.27. The molecule has 2 aromatic rings. The molecule has 25 heavy (non-hydrogen) atoms. The maximum atomic E-state index is 12.6. The molecule has 0 atom stereocenters. The third-order valence-electron chi connectivity index (χ3n) is 4.52. The van der Waals surface area contributed by atoms with Crippen LogP contribution in [0.1, 0.15) is 41.9 Å². The first-order valence-corrected chi connectivity index (χ1v) is 10.7. The average Bonchev–Trinajstić information content (AvgIpc) is 3.20. The van der Waals surface area contributed by atoms with Crippen LogP contribution in [0, 0.1) is 0 Å². The average molecular weight is 382 g/mol. The lowest BCUT2D eigenvalue weighted by Gasteiger charge is -2.25. The van der Waals surface area contributed by atoms with E-state index in [1.807, 2.05) is 4.68 Å². The molecular formula is C16H18N2O5S2. The van der Waals surface area contributed by atoms with Gasteiger partial charge in [-0.2, -0.15) is 5.10 Å². The maximum Gasteiger partial charge on any atom is 0.359 e. The number of rotatable bonds is 3. The smallest absolute Gasteiger partial charge is 0.359 e. The summed E-state index contributed by atoms with van der Waals surface area (Å²) in [4.78, 5) is 12.4. The van der Waals surface area contributed by atoms with E-state index in [0.29, 0.717) is 28.5 Å². The minimum Gasteiger partial charge on any atom is -0.461 e. The van der Waals surface area contributed by atoms with Crippen molar-refractivity contribution in [1.82, 2.24) is 9.78 Å². The van der Waals surface area contributed by atoms with Crippen molar-refractivity contribution in [2.75, 3.05) is 19.8 Å². The van der Waals surface area contributed by atoms with Gasteiger partial charge < -0.3 is 9.47 Å². The molecule has 0 aliphatic carbocycles. The van der Waals surface area contributed by atoms with Crippen LogP contribution in [0.2, 0.25) is 0 Å². The van der Waals surface area contributed by atoms with Crippen molar-refractivity contribution in [2.24, 2.45) is 0 Å². The number of fused-ring (bicyclic) bond motifs is 3. The van der Waals surface area contributed by atoms with Crippen molar-refractivity contribution >= 4 is 27.1 Å². The number of carbonyl (C=O) groups excluding carboxylic acids is 1. The number of aromatic nitrogens is 2. The first-order valence-electron chi connectivity index (χ1n) is 8.19. The Bertz CT molecular complexity index is 922. The highest BCUT2D eigenvalue weighted by Gasteiger charge is 2.38. The first-order chi connectivity index (χ1) is 12.0. The zero-order valence-electron chi connectivity index (χ0n) is 13.7. The van der Waals surface area contributed by atoms with E-state index in [1.165, 1.54) is 11.3 Å². The summed E-state index contributed by atoms with van der Waals surface area (Å²) >= 11 is 1.21. The summed E-state index contributed by atoms with van der Waals surface area (Å²) in [5.74, 6) is -0.786. The molecule has 9 heteroatoms. The predicted molar refractivity (Wildman–Crippen MR) is 91.5 cm³/mol. The van der Waals surface area contributed by atoms with Gasteiger partial charge in [0.25, 0.3) is 0 Å². The minimum atomic E-state index is -3.47. The molecule has 4 heterocycles. The second-order valence-electron chi connectivity index (χ2n) is 6.07. The number of thiophene rings is 1. The Hall–Kier alpha value is -1.71. The summed E-state index contributed by atoms with van der Waals surface area (Å²) in [6.07, 6.45) is 1.56. The molecule has 4 rings (SSSR count). The van der Waals surface area contributed by atoms with Crippen LogP contribution in [0.5, 0.6) is 0 Å². The van der Waals surface area contributed by atoms with Gasteiger partial charge in [0.05, 0.1) is 24.1 Å². The van der Waals surface area contributed by atoms with E-state index in [2.05, 4.69) is 5.10 Å². The van der Waals surface area contributed by atoms with Crippen LogP contribution in [0.3, 0.4) is 0 Å². The highest BCUT2D eigenvalue weighted by Crippen LogP contribution is 2.44. The van der Waals surface area contributed by atoms with Crippen molar-refractivity contribution < 1.29 is 22.7 Å². The molecule has 0 N–H and O–H groups in total. The number of hydrogen-bond donors (Lipinski definition) is 0. The van der Waals surface area contributed by atoms with Crippen LogP contribution in [0.25, 0.3) is 11.3 Å². The second-order valence-corrected chi connectivity index (χ2v) is 9.17. The normalized spacial score (nSPS) is 19.2. The molecule has 0 saturated carbocycles. The van der Waals surface area contributed by atoms with Crippen molar-refractivity contribution in [3.63, 3.8) is 0 Å². The van der Waals surface area contributed by atoms with Gasteiger partial charge in [-0.3, -0.25) is 4.68 Å². The zero-order chi connectivity index (χ0) is 17.6. The van der Waals surface area contributed by atoms with Crippen LogP contribution in [0.15, 0.2) is 15.7 Å². The SMILES string of the molecule is CCOC(=O)c1nn(C2CCOCC2)c2c1CS(=O)(=O)c1sccc1-2. The largest absolute Gasteiger partial charge is 0.461 e. The highest BCUT2D eigenvalue weighted by atomic mass is 32.2. The predicted octanol–water partition coefficient (Wildman–Crippen LogP) is 2.43. The van der Waals surface area contributed by atoms with E-state index < -0.39 is 15.8 Å². The van der Waals surface area contributed by atoms with Crippen LogP contribution >= 0.6 is 11.3 Å². The lowest BCUT2D eigenvalue weighted by atomic mass is 10.1. The fourth-order valence-corrected chi connectivity index (χ4v) is 6.25. The van der Waals surface area contributed by atoms with Crippen LogP contribution in [0.4, 0.5) is 0 Å². The Balaban J connectivity index is 1.92. The molecule has 1 saturated heterocycles. The molecule has 0 spiro atoms. The van der Waals surface area contributed by atoms with Gasteiger partial charge in [-0.05, 0) is 31.2 Å². The molecule has 2 aliphatic heterocycles. The molecule has 0 unspecified atom stereocenters. The fraction of sp³-hybridized carbons (Fsp3) is 0.500. The molecule has 2 aliphatic rings. The minimum absolute atomic E-state index is 0.0826. The lowest BCUT2D eigenvalue weighted by Crippen LogP contribution is -2.22. The van der Waals surface area contributed by atoms with E-state index in [4.69, 9.17) is 9.47 Å². The number of sulfone groups is 1. The zero-order valence-corrected chi connectivity index (χ0v) is 15.4. The van der Waals surface area contributed by atoms with E-state index in [1.54, 1.807) is 18.4 Å². The van der Waals surface area contributed by atoms with Crippen molar-refractivity contribution in [1.29, 1.82) is 0 Å². The van der Waals surface area contributed by atoms with Crippen molar-refractivity contribution in [3.05, 3.63) is 22.7 Å². The summed E-state index contributed by atoms with van der Waals surface area (Å²) in [6, 6.07) is 1.88. The first kappa shape index (κ1) is 16.7. The van der Waals surface area contributed by atoms with Crippen molar-refractivity contribution in [3.8, 4) is 11.3 Å². The van der Waals surface area contributed by atoms with E-state index in [0.717, 1.165) is 18.5 Å². The van der Waals surface area contributed by atoms with Crippen LogP contribution in [-0.4, -0.2) is 44.0 Å². The third kappa shape index (κ3) is 2.70. The molecule has 1 fully saturated rings. The Labute approximate surface area is 149 Å². The molecule has 0 amide bonds. The Morgan fingerprint density at radius 2 is 2.20 bits per heavy atom.